The van der Waals surface area contributed by atoms with Gasteiger partial charge in [0.05, 0.1) is 5.39 Å². The molecule has 0 amide bonds. The quantitative estimate of drug-likeness (QED) is 0.754. The van der Waals surface area contributed by atoms with E-state index >= 15 is 0 Å². The Morgan fingerprint density at radius 3 is 2.90 bits per heavy atom. The molecule has 0 aliphatic heterocycles. The second-order valence-electron chi connectivity index (χ2n) is 4.60. The van der Waals surface area contributed by atoms with Crippen LogP contribution in [0.5, 0.6) is 0 Å². The van der Waals surface area contributed by atoms with Crippen molar-refractivity contribution in [2.45, 2.75) is 13.8 Å². The summed E-state index contributed by atoms with van der Waals surface area (Å²) in [5, 5.41) is 9.23. The van der Waals surface area contributed by atoms with E-state index in [0.717, 1.165) is 16.8 Å². The van der Waals surface area contributed by atoms with Gasteiger partial charge in [0.15, 0.2) is 0 Å². The summed E-state index contributed by atoms with van der Waals surface area (Å²) >= 11 is 1.55. The van der Waals surface area contributed by atoms with Gasteiger partial charge in [-0.05, 0) is 37.4 Å². The number of fused-ring (bicyclic) bond motifs is 1. The standard InChI is InChI=1S/C15H15FN4S/c1-3-17-15-19-13(10-7-8-21-14(10)20-15)18-12-6-4-5-11(16)9(12)2/h4-8H,3H2,1-2H3,(H2,17,18,19,20). The maximum atomic E-state index is 13.7. The number of benzene rings is 1. The molecular weight excluding hydrogens is 287 g/mol. The molecule has 2 N–H and O–H groups in total. The van der Waals surface area contributed by atoms with E-state index in [9.17, 15) is 4.39 Å². The lowest BCUT2D eigenvalue weighted by molar-refractivity contribution is 0.619. The van der Waals surface area contributed by atoms with Gasteiger partial charge in [0.1, 0.15) is 16.5 Å². The van der Waals surface area contributed by atoms with E-state index in [-0.39, 0.29) is 5.82 Å². The van der Waals surface area contributed by atoms with Crippen LogP contribution in [-0.4, -0.2) is 16.5 Å². The number of aromatic nitrogens is 2. The third kappa shape index (κ3) is 2.67. The predicted molar refractivity (Wildman–Crippen MR) is 86.0 cm³/mol. The summed E-state index contributed by atoms with van der Waals surface area (Å²) in [6, 6.07) is 6.94. The van der Waals surface area contributed by atoms with E-state index in [0.29, 0.717) is 23.0 Å². The Kier molecular flexibility index (Phi) is 3.70. The van der Waals surface area contributed by atoms with Gasteiger partial charge >= 0.3 is 0 Å². The minimum Gasteiger partial charge on any atom is -0.354 e. The van der Waals surface area contributed by atoms with Gasteiger partial charge in [-0.2, -0.15) is 4.98 Å². The maximum Gasteiger partial charge on any atom is 0.226 e. The molecule has 1 aromatic carbocycles. The second-order valence-corrected chi connectivity index (χ2v) is 5.50. The lowest BCUT2D eigenvalue weighted by atomic mass is 10.2. The zero-order valence-electron chi connectivity index (χ0n) is 11.8. The first kappa shape index (κ1) is 13.8. The van der Waals surface area contributed by atoms with Gasteiger partial charge in [0.25, 0.3) is 0 Å². The first-order valence-electron chi connectivity index (χ1n) is 6.70. The van der Waals surface area contributed by atoms with Crippen LogP contribution in [0.4, 0.5) is 21.8 Å². The zero-order chi connectivity index (χ0) is 14.8. The van der Waals surface area contributed by atoms with Crippen molar-refractivity contribution in [3.63, 3.8) is 0 Å². The second kappa shape index (κ2) is 5.65. The Morgan fingerprint density at radius 2 is 2.10 bits per heavy atom. The van der Waals surface area contributed by atoms with Crippen molar-refractivity contribution in [2.24, 2.45) is 0 Å². The molecule has 4 nitrogen and oxygen atoms in total. The summed E-state index contributed by atoms with van der Waals surface area (Å²) in [6.07, 6.45) is 0. The molecule has 21 heavy (non-hydrogen) atoms. The molecule has 0 saturated carbocycles. The fourth-order valence-corrected chi connectivity index (χ4v) is 2.82. The molecule has 0 atom stereocenters. The molecule has 2 heterocycles. The Morgan fingerprint density at radius 1 is 1.24 bits per heavy atom. The van der Waals surface area contributed by atoms with Gasteiger partial charge < -0.3 is 10.6 Å². The molecule has 3 rings (SSSR count). The number of thiophene rings is 1. The van der Waals surface area contributed by atoms with Crippen LogP contribution in [0.15, 0.2) is 29.6 Å². The number of hydrogen-bond acceptors (Lipinski definition) is 5. The third-order valence-electron chi connectivity index (χ3n) is 3.18. The molecule has 0 fully saturated rings. The smallest absolute Gasteiger partial charge is 0.226 e. The SMILES string of the molecule is CCNc1nc(Nc2cccc(F)c2C)c2ccsc2n1. The average Bonchev–Trinajstić information content (AvgIpc) is 2.93. The van der Waals surface area contributed by atoms with Gasteiger partial charge in [-0.1, -0.05) is 6.07 Å². The minimum absolute atomic E-state index is 0.234. The summed E-state index contributed by atoms with van der Waals surface area (Å²) in [6.45, 7) is 4.48. The highest BCUT2D eigenvalue weighted by molar-refractivity contribution is 7.16. The summed E-state index contributed by atoms with van der Waals surface area (Å²) in [7, 11) is 0. The van der Waals surface area contributed by atoms with E-state index in [1.54, 1.807) is 24.3 Å². The molecule has 0 aliphatic carbocycles. The highest BCUT2D eigenvalue weighted by atomic mass is 32.1. The van der Waals surface area contributed by atoms with E-state index in [2.05, 4.69) is 20.6 Å². The third-order valence-corrected chi connectivity index (χ3v) is 3.99. The van der Waals surface area contributed by atoms with Crippen LogP contribution in [0.25, 0.3) is 10.2 Å². The molecular formula is C15H15FN4S. The van der Waals surface area contributed by atoms with Gasteiger partial charge in [-0.15, -0.1) is 11.3 Å². The molecule has 0 unspecified atom stereocenters. The van der Waals surface area contributed by atoms with Crippen molar-refractivity contribution in [1.29, 1.82) is 0 Å². The van der Waals surface area contributed by atoms with Gasteiger partial charge in [0, 0.05) is 17.8 Å². The molecule has 0 aliphatic rings. The van der Waals surface area contributed by atoms with Crippen LogP contribution in [0.1, 0.15) is 12.5 Å². The molecule has 3 aromatic rings. The number of halogens is 1. The largest absolute Gasteiger partial charge is 0.354 e. The van der Waals surface area contributed by atoms with E-state index in [1.165, 1.54) is 6.07 Å². The number of anilines is 3. The van der Waals surface area contributed by atoms with Gasteiger partial charge in [-0.3, -0.25) is 0 Å². The monoisotopic (exact) mass is 302 g/mol. The van der Waals surface area contributed by atoms with Crippen LogP contribution in [0.3, 0.4) is 0 Å². The highest BCUT2D eigenvalue weighted by Gasteiger charge is 2.11. The molecule has 0 radical (unpaired) electrons. The van der Waals surface area contributed by atoms with Crippen molar-refractivity contribution in [3.8, 4) is 0 Å². The number of rotatable bonds is 4. The van der Waals surface area contributed by atoms with Crippen LogP contribution in [0.2, 0.25) is 0 Å². The zero-order valence-corrected chi connectivity index (χ0v) is 12.6. The number of nitrogens with one attached hydrogen (secondary N) is 2. The first-order valence-corrected chi connectivity index (χ1v) is 7.58. The van der Waals surface area contributed by atoms with Crippen molar-refractivity contribution in [2.75, 3.05) is 17.2 Å². The van der Waals surface area contributed by atoms with E-state index in [4.69, 9.17) is 0 Å². The van der Waals surface area contributed by atoms with Crippen LogP contribution < -0.4 is 10.6 Å². The fraction of sp³-hybridized carbons (Fsp3) is 0.200. The summed E-state index contributed by atoms with van der Waals surface area (Å²) in [4.78, 5) is 9.83. The fourth-order valence-electron chi connectivity index (χ4n) is 2.06. The summed E-state index contributed by atoms with van der Waals surface area (Å²) in [5.41, 5.74) is 1.29. The highest BCUT2D eigenvalue weighted by Crippen LogP contribution is 2.30. The maximum absolute atomic E-state index is 13.7. The number of hydrogen-bond donors (Lipinski definition) is 2. The molecule has 0 saturated heterocycles. The van der Waals surface area contributed by atoms with E-state index < -0.39 is 0 Å². The molecule has 2 aromatic heterocycles. The Labute approximate surface area is 126 Å². The summed E-state index contributed by atoms with van der Waals surface area (Å²) in [5.74, 6) is 1.03. The molecule has 0 bridgehead atoms. The molecule has 6 heteroatoms. The van der Waals surface area contributed by atoms with Crippen molar-refractivity contribution in [3.05, 3.63) is 41.0 Å². The van der Waals surface area contributed by atoms with Gasteiger partial charge in [-0.25, -0.2) is 9.37 Å². The Balaban J connectivity index is 2.06. The lowest BCUT2D eigenvalue weighted by Crippen LogP contribution is -2.05. The Hall–Kier alpha value is -2.21. The van der Waals surface area contributed by atoms with Crippen molar-refractivity contribution >= 4 is 39.0 Å². The van der Waals surface area contributed by atoms with Gasteiger partial charge in [0.2, 0.25) is 5.95 Å². The topological polar surface area (TPSA) is 49.8 Å². The van der Waals surface area contributed by atoms with Crippen molar-refractivity contribution < 1.29 is 4.39 Å². The number of nitrogens with zero attached hydrogens (tertiary/aromatic N) is 2. The molecule has 0 spiro atoms. The lowest BCUT2D eigenvalue weighted by Gasteiger charge is -2.11. The first-order chi connectivity index (χ1) is 10.2. The van der Waals surface area contributed by atoms with Crippen molar-refractivity contribution in [1.82, 2.24) is 9.97 Å². The normalized spacial score (nSPS) is 10.8. The summed E-state index contributed by atoms with van der Waals surface area (Å²) < 4.78 is 13.7. The van der Waals surface area contributed by atoms with Crippen LogP contribution in [0, 0.1) is 12.7 Å². The van der Waals surface area contributed by atoms with E-state index in [1.807, 2.05) is 24.4 Å². The molecule has 108 valence electrons. The van der Waals surface area contributed by atoms with Crippen LogP contribution >= 0.6 is 11.3 Å². The predicted octanol–water partition coefficient (Wildman–Crippen LogP) is 4.31. The Bertz CT molecular complexity index is 784. The van der Waals surface area contributed by atoms with Crippen LogP contribution in [-0.2, 0) is 0 Å². The minimum atomic E-state index is -0.234. The average molecular weight is 302 g/mol.